The highest BCUT2D eigenvalue weighted by Gasteiger charge is 2.25. The maximum absolute atomic E-state index is 6.01. The SMILES string of the molecule is CC(C)C(C)N(C)C(CN)c1ccc(C2CC2)cc1. The number of rotatable bonds is 6. The Labute approximate surface area is 118 Å². The third-order valence-corrected chi connectivity index (χ3v) is 4.69. The van der Waals surface area contributed by atoms with Crippen molar-refractivity contribution >= 4 is 0 Å². The van der Waals surface area contributed by atoms with Crippen LogP contribution in [0.4, 0.5) is 0 Å². The van der Waals surface area contributed by atoms with Crippen LogP contribution >= 0.6 is 0 Å². The predicted octanol–water partition coefficient (Wildman–Crippen LogP) is 3.54. The average Bonchev–Trinajstić information content (AvgIpc) is 3.23. The minimum absolute atomic E-state index is 0.325. The molecule has 1 aliphatic rings. The highest BCUT2D eigenvalue weighted by atomic mass is 15.2. The molecule has 1 fully saturated rings. The van der Waals surface area contributed by atoms with E-state index >= 15 is 0 Å². The topological polar surface area (TPSA) is 29.3 Å². The summed E-state index contributed by atoms with van der Waals surface area (Å²) in [6, 6.07) is 10.00. The summed E-state index contributed by atoms with van der Waals surface area (Å²) in [5.74, 6) is 1.47. The number of likely N-dealkylation sites (N-methyl/N-ethyl adjacent to an activating group) is 1. The summed E-state index contributed by atoms with van der Waals surface area (Å²) in [4.78, 5) is 2.41. The van der Waals surface area contributed by atoms with Gasteiger partial charge < -0.3 is 5.73 Å². The molecule has 0 bridgehead atoms. The van der Waals surface area contributed by atoms with Gasteiger partial charge in [0.05, 0.1) is 0 Å². The highest BCUT2D eigenvalue weighted by Crippen LogP contribution is 2.40. The number of hydrogen-bond donors (Lipinski definition) is 1. The second-order valence-electron chi connectivity index (χ2n) is 6.34. The Morgan fingerprint density at radius 1 is 1.16 bits per heavy atom. The van der Waals surface area contributed by atoms with Crippen LogP contribution in [0.2, 0.25) is 0 Å². The van der Waals surface area contributed by atoms with Crippen LogP contribution in [0.25, 0.3) is 0 Å². The zero-order valence-corrected chi connectivity index (χ0v) is 12.8. The van der Waals surface area contributed by atoms with Gasteiger partial charge in [-0.05, 0) is 49.8 Å². The summed E-state index contributed by atoms with van der Waals surface area (Å²) in [5.41, 5.74) is 8.86. The molecule has 2 heteroatoms. The first-order valence-corrected chi connectivity index (χ1v) is 7.56. The van der Waals surface area contributed by atoms with Crippen LogP contribution in [-0.4, -0.2) is 24.5 Å². The number of nitrogens with two attached hydrogens (primary N) is 1. The largest absolute Gasteiger partial charge is 0.329 e. The Morgan fingerprint density at radius 2 is 1.74 bits per heavy atom. The van der Waals surface area contributed by atoms with Crippen molar-refractivity contribution in [3.05, 3.63) is 35.4 Å². The Bertz CT molecular complexity index is 392. The first-order chi connectivity index (χ1) is 9.04. The predicted molar refractivity (Wildman–Crippen MR) is 82.3 cm³/mol. The molecular formula is C17H28N2. The second-order valence-corrected chi connectivity index (χ2v) is 6.34. The summed E-state index contributed by atoms with van der Waals surface area (Å²) in [6.45, 7) is 7.50. The van der Waals surface area contributed by atoms with Crippen molar-refractivity contribution in [2.75, 3.05) is 13.6 Å². The lowest BCUT2D eigenvalue weighted by Crippen LogP contribution is -2.39. The van der Waals surface area contributed by atoms with E-state index in [2.05, 4.69) is 57.0 Å². The van der Waals surface area contributed by atoms with Crippen molar-refractivity contribution in [1.82, 2.24) is 4.90 Å². The summed E-state index contributed by atoms with van der Waals surface area (Å²) < 4.78 is 0. The Kier molecular flexibility index (Phi) is 4.64. The Morgan fingerprint density at radius 3 is 2.16 bits per heavy atom. The van der Waals surface area contributed by atoms with Crippen molar-refractivity contribution in [2.45, 2.75) is 51.6 Å². The minimum atomic E-state index is 0.325. The quantitative estimate of drug-likeness (QED) is 0.847. The number of benzene rings is 1. The molecule has 0 heterocycles. The van der Waals surface area contributed by atoms with Crippen LogP contribution in [0.15, 0.2) is 24.3 Å². The van der Waals surface area contributed by atoms with E-state index < -0.39 is 0 Å². The second kappa shape index (κ2) is 6.06. The van der Waals surface area contributed by atoms with Crippen LogP contribution in [0.5, 0.6) is 0 Å². The molecule has 1 saturated carbocycles. The van der Waals surface area contributed by atoms with Gasteiger partial charge in [-0.25, -0.2) is 0 Å². The van der Waals surface area contributed by atoms with Crippen LogP contribution < -0.4 is 5.73 Å². The fourth-order valence-corrected chi connectivity index (χ4v) is 2.70. The molecule has 1 aliphatic carbocycles. The molecule has 1 aromatic carbocycles. The monoisotopic (exact) mass is 260 g/mol. The van der Waals surface area contributed by atoms with Crippen LogP contribution in [-0.2, 0) is 0 Å². The number of hydrogen-bond acceptors (Lipinski definition) is 2. The molecule has 2 atom stereocenters. The molecule has 2 N–H and O–H groups in total. The third kappa shape index (κ3) is 3.37. The Balaban J connectivity index is 2.11. The van der Waals surface area contributed by atoms with Crippen molar-refractivity contribution in [1.29, 1.82) is 0 Å². The molecule has 19 heavy (non-hydrogen) atoms. The van der Waals surface area contributed by atoms with Gasteiger partial charge >= 0.3 is 0 Å². The Hall–Kier alpha value is -0.860. The van der Waals surface area contributed by atoms with E-state index in [-0.39, 0.29) is 0 Å². The van der Waals surface area contributed by atoms with Gasteiger partial charge in [0, 0.05) is 18.6 Å². The smallest absolute Gasteiger partial charge is 0.0470 e. The van der Waals surface area contributed by atoms with Gasteiger partial charge in [-0.15, -0.1) is 0 Å². The van der Waals surface area contributed by atoms with Crippen molar-refractivity contribution in [3.63, 3.8) is 0 Å². The molecule has 2 nitrogen and oxygen atoms in total. The first-order valence-electron chi connectivity index (χ1n) is 7.56. The van der Waals surface area contributed by atoms with Gasteiger partial charge in [-0.3, -0.25) is 4.90 Å². The van der Waals surface area contributed by atoms with E-state index in [1.807, 2.05) is 0 Å². The van der Waals surface area contributed by atoms with Gasteiger partial charge in [0.25, 0.3) is 0 Å². The van der Waals surface area contributed by atoms with E-state index in [0.717, 1.165) is 5.92 Å². The maximum atomic E-state index is 6.01. The normalized spacial score (nSPS) is 18.9. The molecule has 0 spiro atoms. The van der Waals surface area contributed by atoms with Gasteiger partial charge in [-0.1, -0.05) is 38.1 Å². The van der Waals surface area contributed by atoms with Gasteiger partial charge in [0.2, 0.25) is 0 Å². The van der Waals surface area contributed by atoms with Crippen molar-refractivity contribution in [2.24, 2.45) is 11.7 Å². The van der Waals surface area contributed by atoms with Gasteiger partial charge in [0.1, 0.15) is 0 Å². The third-order valence-electron chi connectivity index (χ3n) is 4.69. The lowest BCUT2D eigenvalue weighted by molar-refractivity contribution is 0.152. The molecule has 2 rings (SSSR count). The molecule has 1 aromatic rings. The fraction of sp³-hybridized carbons (Fsp3) is 0.647. The van der Waals surface area contributed by atoms with Gasteiger partial charge in [0.15, 0.2) is 0 Å². The van der Waals surface area contributed by atoms with E-state index in [4.69, 9.17) is 5.73 Å². The summed E-state index contributed by atoms with van der Waals surface area (Å²) in [7, 11) is 2.19. The molecule has 0 saturated heterocycles. The van der Waals surface area contributed by atoms with E-state index in [1.165, 1.54) is 24.0 Å². The zero-order valence-electron chi connectivity index (χ0n) is 12.8. The maximum Gasteiger partial charge on any atom is 0.0470 e. The van der Waals surface area contributed by atoms with Crippen molar-refractivity contribution < 1.29 is 0 Å². The summed E-state index contributed by atoms with van der Waals surface area (Å²) >= 11 is 0. The van der Waals surface area contributed by atoms with E-state index in [0.29, 0.717) is 24.5 Å². The summed E-state index contributed by atoms with van der Waals surface area (Å²) in [5, 5.41) is 0. The highest BCUT2D eigenvalue weighted by molar-refractivity contribution is 5.30. The number of nitrogens with zero attached hydrogens (tertiary/aromatic N) is 1. The average molecular weight is 260 g/mol. The van der Waals surface area contributed by atoms with Crippen molar-refractivity contribution in [3.8, 4) is 0 Å². The first kappa shape index (κ1) is 14.5. The molecule has 106 valence electrons. The lowest BCUT2D eigenvalue weighted by Gasteiger charge is -2.35. The summed E-state index contributed by atoms with van der Waals surface area (Å²) in [6.07, 6.45) is 2.73. The molecule has 0 amide bonds. The van der Waals surface area contributed by atoms with E-state index in [1.54, 1.807) is 0 Å². The standard InChI is InChI=1S/C17H28N2/c1-12(2)13(3)19(4)17(11-18)16-9-7-15(8-10-16)14-5-6-14/h7-10,12-14,17H,5-6,11,18H2,1-4H3. The molecule has 2 unspecified atom stereocenters. The van der Waals surface area contributed by atoms with Crippen LogP contribution in [0.1, 0.15) is 56.7 Å². The van der Waals surface area contributed by atoms with Crippen LogP contribution in [0, 0.1) is 5.92 Å². The molecular weight excluding hydrogens is 232 g/mol. The molecule has 0 radical (unpaired) electrons. The van der Waals surface area contributed by atoms with Crippen LogP contribution in [0.3, 0.4) is 0 Å². The van der Waals surface area contributed by atoms with E-state index in [9.17, 15) is 0 Å². The zero-order chi connectivity index (χ0) is 14.0. The molecule has 0 aromatic heterocycles. The fourth-order valence-electron chi connectivity index (χ4n) is 2.70. The van der Waals surface area contributed by atoms with Gasteiger partial charge in [-0.2, -0.15) is 0 Å². The molecule has 0 aliphatic heterocycles. The minimum Gasteiger partial charge on any atom is -0.329 e. The lowest BCUT2D eigenvalue weighted by atomic mass is 9.98.